The minimum Gasteiger partial charge on any atom is -0.444 e. The molecular weight excluding hydrogens is 201 g/mol. The van der Waals surface area contributed by atoms with E-state index in [1.165, 1.54) is 4.90 Å². The maximum absolute atomic E-state index is 13.2. The van der Waals surface area contributed by atoms with Gasteiger partial charge >= 0.3 is 6.09 Å². The van der Waals surface area contributed by atoms with Gasteiger partial charge in [0.1, 0.15) is 18.1 Å². The number of rotatable bonds is 1. The van der Waals surface area contributed by atoms with Crippen LogP contribution in [0.25, 0.3) is 0 Å². The third-order valence-corrected chi connectivity index (χ3v) is 2.12. The smallest absolute Gasteiger partial charge is 0.410 e. The summed E-state index contributed by atoms with van der Waals surface area (Å²) in [5, 5.41) is 0. The number of amides is 1. The Kier molecular flexibility index (Phi) is 3.31. The Hall–Kier alpha value is -1.13. The van der Waals surface area contributed by atoms with Crippen molar-refractivity contribution in [3.8, 4) is 0 Å². The van der Waals surface area contributed by atoms with Crippen LogP contribution in [0.15, 0.2) is 0 Å². The number of likely N-dealkylation sites (tertiary alicyclic amines) is 1. The van der Waals surface area contributed by atoms with Gasteiger partial charge in [-0.15, -0.1) is 0 Å². The lowest BCUT2D eigenvalue weighted by atomic mass is 10.1. The zero-order valence-electron chi connectivity index (χ0n) is 9.20. The van der Waals surface area contributed by atoms with Crippen LogP contribution in [0, 0.1) is 5.92 Å². The van der Waals surface area contributed by atoms with Crippen LogP contribution in [-0.2, 0) is 9.53 Å². The van der Waals surface area contributed by atoms with Crippen molar-refractivity contribution < 1.29 is 18.7 Å². The summed E-state index contributed by atoms with van der Waals surface area (Å²) in [5.41, 5.74) is -0.595. The van der Waals surface area contributed by atoms with Gasteiger partial charge < -0.3 is 14.4 Å². The predicted octanol–water partition coefficient (Wildman–Crippen LogP) is 1.39. The third-order valence-electron chi connectivity index (χ3n) is 2.12. The first-order valence-corrected chi connectivity index (χ1v) is 4.91. The molecule has 0 radical (unpaired) electrons. The number of hydrogen-bond acceptors (Lipinski definition) is 3. The van der Waals surface area contributed by atoms with Gasteiger partial charge in [-0.3, -0.25) is 0 Å². The van der Waals surface area contributed by atoms with Crippen LogP contribution in [0.2, 0.25) is 0 Å². The second kappa shape index (κ2) is 4.16. The molecule has 4 nitrogen and oxygen atoms in total. The van der Waals surface area contributed by atoms with Gasteiger partial charge in [-0.1, -0.05) is 0 Å². The van der Waals surface area contributed by atoms with Gasteiger partial charge in [-0.25, -0.2) is 9.18 Å². The molecule has 1 aliphatic heterocycles. The average molecular weight is 217 g/mol. The highest BCUT2D eigenvalue weighted by Crippen LogP contribution is 2.20. The van der Waals surface area contributed by atoms with Crippen LogP contribution in [0.5, 0.6) is 0 Å². The molecule has 86 valence electrons. The molecule has 0 unspecified atom stereocenters. The van der Waals surface area contributed by atoms with E-state index in [1.807, 2.05) is 0 Å². The lowest BCUT2D eigenvalue weighted by molar-refractivity contribution is -0.111. The van der Waals surface area contributed by atoms with Crippen molar-refractivity contribution in [1.29, 1.82) is 0 Å². The lowest BCUT2D eigenvalue weighted by Gasteiger charge is -2.24. The molecule has 0 aliphatic carbocycles. The Balaban J connectivity index is 2.53. The molecule has 1 rings (SSSR count). The quantitative estimate of drug-likeness (QED) is 0.623. The van der Waals surface area contributed by atoms with Crippen LogP contribution in [-0.4, -0.2) is 42.1 Å². The summed E-state index contributed by atoms with van der Waals surface area (Å²) in [4.78, 5) is 23.2. The van der Waals surface area contributed by atoms with Gasteiger partial charge in [0.15, 0.2) is 0 Å². The summed E-state index contributed by atoms with van der Waals surface area (Å²) in [6.45, 7) is 5.28. The second-order valence-corrected chi connectivity index (χ2v) is 4.70. The average Bonchev–Trinajstić information content (AvgIpc) is 2.43. The Bertz CT molecular complexity index is 262. The normalized spacial score (nSPS) is 26.5. The first kappa shape index (κ1) is 11.9. The van der Waals surface area contributed by atoms with Crippen molar-refractivity contribution in [2.75, 3.05) is 13.1 Å². The molecule has 1 amide bonds. The number of hydrogen-bond donors (Lipinski definition) is 0. The number of ether oxygens (including phenoxy) is 1. The van der Waals surface area contributed by atoms with Crippen molar-refractivity contribution in [3.05, 3.63) is 0 Å². The number of alkyl halides is 1. The SMILES string of the molecule is CC(C)(C)OC(=O)N1C[C@@H](C=O)[C@@H](F)C1. The lowest BCUT2D eigenvalue weighted by Crippen LogP contribution is -2.35. The molecule has 0 aromatic carbocycles. The molecule has 0 bridgehead atoms. The highest BCUT2D eigenvalue weighted by Gasteiger charge is 2.36. The zero-order chi connectivity index (χ0) is 11.6. The minimum atomic E-state index is -1.27. The number of carbonyl (C=O) groups is 2. The van der Waals surface area contributed by atoms with Gasteiger partial charge in [0.25, 0.3) is 0 Å². The van der Waals surface area contributed by atoms with Gasteiger partial charge in [0.05, 0.1) is 12.5 Å². The molecule has 2 atom stereocenters. The van der Waals surface area contributed by atoms with Gasteiger partial charge in [-0.2, -0.15) is 0 Å². The third kappa shape index (κ3) is 3.18. The maximum Gasteiger partial charge on any atom is 0.410 e. The molecule has 0 aromatic heterocycles. The maximum atomic E-state index is 13.2. The molecule has 5 heteroatoms. The second-order valence-electron chi connectivity index (χ2n) is 4.70. The summed E-state index contributed by atoms with van der Waals surface area (Å²) in [5.74, 6) is -0.711. The van der Waals surface area contributed by atoms with E-state index < -0.39 is 23.8 Å². The highest BCUT2D eigenvalue weighted by molar-refractivity contribution is 5.70. The molecule has 1 fully saturated rings. The van der Waals surface area contributed by atoms with E-state index >= 15 is 0 Å². The molecule has 1 aliphatic rings. The van der Waals surface area contributed by atoms with Gasteiger partial charge in [0.2, 0.25) is 0 Å². The molecular formula is C10H16FNO3. The molecule has 0 saturated carbocycles. The largest absolute Gasteiger partial charge is 0.444 e. The number of nitrogens with zero attached hydrogens (tertiary/aromatic N) is 1. The van der Waals surface area contributed by atoms with E-state index in [2.05, 4.69) is 0 Å². The van der Waals surface area contributed by atoms with Crippen LogP contribution in [0.4, 0.5) is 9.18 Å². The van der Waals surface area contributed by atoms with E-state index in [1.54, 1.807) is 20.8 Å². The highest BCUT2D eigenvalue weighted by atomic mass is 19.1. The number of carbonyl (C=O) groups excluding carboxylic acids is 2. The van der Waals surface area contributed by atoms with Crippen LogP contribution in [0.3, 0.4) is 0 Å². The standard InChI is InChI=1S/C10H16FNO3/c1-10(2,3)15-9(14)12-4-7(6-13)8(11)5-12/h6-8H,4-5H2,1-3H3/t7-,8-/m0/s1. The van der Waals surface area contributed by atoms with Crippen molar-refractivity contribution in [2.45, 2.75) is 32.5 Å². The van der Waals surface area contributed by atoms with Crippen LogP contribution in [0.1, 0.15) is 20.8 Å². The van der Waals surface area contributed by atoms with E-state index in [4.69, 9.17) is 4.74 Å². The summed E-state index contributed by atoms with van der Waals surface area (Å²) < 4.78 is 18.2. The fourth-order valence-corrected chi connectivity index (χ4v) is 1.39. The fraction of sp³-hybridized carbons (Fsp3) is 0.800. The van der Waals surface area contributed by atoms with E-state index in [0.29, 0.717) is 6.29 Å². The predicted molar refractivity (Wildman–Crippen MR) is 52.3 cm³/mol. The molecule has 0 aromatic rings. The Labute approximate surface area is 88.4 Å². The van der Waals surface area contributed by atoms with Gasteiger partial charge in [0, 0.05) is 6.54 Å². The number of aldehydes is 1. The first-order chi connectivity index (χ1) is 6.83. The van der Waals surface area contributed by atoms with Crippen LogP contribution >= 0.6 is 0 Å². The van der Waals surface area contributed by atoms with E-state index in [0.717, 1.165) is 0 Å². The summed E-state index contributed by atoms with van der Waals surface area (Å²) in [6.07, 6.45) is -1.28. The van der Waals surface area contributed by atoms with Crippen molar-refractivity contribution in [2.24, 2.45) is 5.92 Å². The monoisotopic (exact) mass is 217 g/mol. The molecule has 0 N–H and O–H groups in total. The fourth-order valence-electron chi connectivity index (χ4n) is 1.39. The van der Waals surface area contributed by atoms with E-state index in [9.17, 15) is 14.0 Å². The van der Waals surface area contributed by atoms with E-state index in [-0.39, 0.29) is 13.1 Å². The zero-order valence-corrected chi connectivity index (χ0v) is 9.20. The molecule has 0 spiro atoms. The molecule has 15 heavy (non-hydrogen) atoms. The van der Waals surface area contributed by atoms with Crippen molar-refractivity contribution in [3.63, 3.8) is 0 Å². The summed E-state index contributed by atoms with van der Waals surface area (Å²) in [6, 6.07) is 0. The topological polar surface area (TPSA) is 46.6 Å². The summed E-state index contributed by atoms with van der Waals surface area (Å²) in [7, 11) is 0. The minimum absolute atomic E-state index is 0.0572. The molecule has 1 heterocycles. The Morgan fingerprint density at radius 2 is 2.07 bits per heavy atom. The van der Waals surface area contributed by atoms with Crippen LogP contribution < -0.4 is 0 Å². The molecule has 1 saturated heterocycles. The van der Waals surface area contributed by atoms with Gasteiger partial charge in [-0.05, 0) is 20.8 Å². The first-order valence-electron chi connectivity index (χ1n) is 4.91. The Morgan fingerprint density at radius 3 is 2.47 bits per heavy atom. The Morgan fingerprint density at radius 1 is 1.47 bits per heavy atom. The summed E-state index contributed by atoms with van der Waals surface area (Å²) >= 11 is 0. The van der Waals surface area contributed by atoms with Crippen molar-refractivity contribution >= 4 is 12.4 Å². The van der Waals surface area contributed by atoms with Crippen molar-refractivity contribution in [1.82, 2.24) is 4.90 Å². The number of halogens is 1.